The molecule has 0 fully saturated rings. The molecule has 2 aromatic carbocycles. The van der Waals surface area contributed by atoms with E-state index in [0.29, 0.717) is 6.61 Å². The van der Waals surface area contributed by atoms with E-state index in [4.69, 9.17) is 9.05 Å². The van der Waals surface area contributed by atoms with Crippen molar-refractivity contribution in [2.45, 2.75) is 103 Å². The summed E-state index contributed by atoms with van der Waals surface area (Å²) < 4.78 is 11.4. The Morgan fingerprint density at radius 2 is 1.06 bits per heavy atom. The first-order chi connectivity index (χ1) is 17.0. The molecule has 0 aliphatic carbocycles. The van der Waals surface area contributed by atoms with Crippen molar-refractivity contribution in [2.24, 2.45) is 0 Å². The molecule has 3 N–H and O–H groups in total. The van der Waals surface area contributed by atoms with Crippen LogP contribution in [0.1, 0.15) is 108 Å². The fourth-order valence-electron chi connectivity index (χ4n) is 4.42. The van der Waals surface area contributed by atoms with E-state index in [1.165, 1.54) is 64.2 Å². The van der Waals surface area contributed by atoms with Crippen molar-refractivity contribution >= 4 is 8.60 Å². The summed E-state index contributed by atoms with van der Waals surface area (Å²) in [4.78, 5) is 10.4. The smallest absolute Gasteiger partial charge is 0.330 e. The largest absolute Gasteiger partial charge is 0.508 e. The number of phenolic OH excluding ortho intramolecular Hbond substituents is 2. The molecule has 2 atom stereocenters. The molecule has 2 rings (SSSR count). The van der Waals surface area contributed by atoms with Crippen LogP contribution in [-0.2, 0) is 9.05 Å². The summed E-state index contributed by atoms with van der Waals surface area (Å²) in [7, 11) is -1.98. The van der Waals surface area contributed by atoms with Crippen molar-refractivity contribution in [1.82, 2.24) is 0 Å². The summed E-state index contributed by atoms with van der Waals surface area (Å²) in [5, 5.41) is 19.3. The minimum atomic E-state index is -1.98. The first-order valence-electron chi connectivity index (χ1n) is 13.4. The maximum Gasteiger partial charge on any atom is 0.330 e. The Bertz CT molecular complexity index is 735. The minimum Gasteiger partial charge on any atom is -0.508 e. The quantitative estimate of drug-likeness (QED) is 0.132. The lowest BCUT2D eigenvalue weighted by Crippen LogP contribution is -2.19. The van der Waals surface area contributed by atoms with Gasteiger partial charge in [0, 0.05) is 5.92 Å². The minimum absolute atomic E-state index is 0.177. The molecular weight excluding hydrogens is 459 g/mol. The van der Waals surface area contributed by atoms with Crippen LogP contribution in [-0.4, -0.2) is 27.8 Å². The van der Waals surface area contributed by atoms with Gasteiger partial charge in [0.25, 0.3) is 0 Å². The Morgan fingerprint density at radius 3 is 1.49 bits per heavy atom. The van der Waals surface area contributed by atoms with Crippen LogP contribution in [0.3, 0.4) is 0 Å². The normalized spacial score (nSPS) is 13.3. The molecule has 0 spiro atoms. The fourth-order valence-corrected chi connectivity index (χ4v) is 5.17. The van der Waals surface area contributed by atoms with Crippen molar-refractivity contribution in [3.05, 3.63) is 59.7 Å². The second-order valence-corrected chi connectivity index (χ2v) is 10.4. The lowest BCUT2D eigenvalue weighted by atomic mass is 9.87. The Hall–Kier alpha value is -1.65. The average Bonchev–Trinajstić information content (AvgIpc) is 2.84. The standard InChI is InChI=1S/C29H45O5P/c1-3-4-5-6-7-8-9-10-11-12-13-14-23-33-35(32)34-24(2)29(25-15-19-27(30)20-16-25)26-17-21-28(31)22-18-26/h15-22,24,29-32H,3-14,23H2,1-2H3. The van der Waals surface area contributed by atoms with Gasteiger partial charge in [-0.25, -0.2) is 0 Å². The number of rotatable bonds is 19. The maximum atomic E-state index is 10.4. The molecule has 196 valence electrons. The predicted octanol–water partition coefficient (Wildman–Crippen LogP) is 8.57. The van der Waals surface area contributed by atoms with E-state index in [-0.39, 0.29) is 23.5 Å². The van der Waals surface area contributed by atoms with E-state index in [1.54, 1.807) is 24.3 Å². The Balaban J connectivity index is 1.66. The Morgan fingerprint density at radius 1 is 0.657 bits per heavy atom. The summed E-state index contributed by atoms with van der Waals surface area (Å²) >= 11 is 0. The van der Waals surface area contributed by atoms with Crippen LogP contribution in [0.4, 0.5) is 0 Å². The lowest BCUT2D eigenvalue weighted by molar-refractivity contribution is 0.142. The van der Waals surface area contributed by atoms with Crippen molar-refractivity contribution in [3.63, 3.8) is 0 Å². The highest BCUT2D eigenvalue weighted by molar-refractivity contribution is 7.40. The molecule has 0 radical (unpaired) electrons. The molecule has 6 heteroatoms. The molecule has 2 aromatic rings. The molecule has 0 aliphatic rings. The van der Waals surface area contributed by atoms with Gasteiger partial charge < -0.3 is 24.2 Å². The fraction of sp³-hybridized carbons (Fsp3) is 0.586. The van der Waals surface area contributed by atoms with Crippen LogP contribution in [0.2, 0.25) is 0 Å². The van der Waals surface area contributed by atoms with Gasteiger partial charge in [-0.2, -0.15) is 0 Å². The van der Waals surface area contributed by atoms with E-state index >= 15 is 0 Å². The van der Waals surface area contributed by atoms with Gasteiger partial charge in [-0.05, 0) is 48.7 Å². The molecule has 2 unspecified atom stereocenters. The zero-order chi connectivity index (χ0) is 25.3. The van der Waals surface area contributed by atoms with Crippen LogP contribution >= 0.6 is 8.60 Å². The third-order valence-electron chi connectivity index (χ3n) is 6.43. The van der Waals surface area contributed by atoms with Crippen LogP contribution in [0, 0.1) is 0 Å². The van der Waals surface area contributed by atoms with Gasteiger partial charge in [-0.3, -0.25) is 0 Å². The lowest BCUT2D eigenvalue weighted by Gasteiger charge is -2.26. The molecule has 35 heavy (non-hydrogen) atoms. The Kier molecular flexibility index (Phi) is 15.0. The molecule has 0 amide bonds. The number of benzene rings is 2. The maximum absolute atomic E-state index is 10.4. The molecule has 0 saturated carbocycles. The highest BCUT2D eigenvalue weighted by Crippen LogP contribution is 2.41. The van der Waals surface area contributed by atoms with Gasteiger partial charge in [0.05, 0.1) is 12.7 Å². The topological polar surface area (TPSA) is 79.2 Å². The van der Waals surface area contributed by atoms with Crippen molar-refractivity contribution in [2.75, 3.05) is 6.61 Å². The van der Waals surface area contributed by atoms with E-state index in [0.717, 1.165) is 24.0 Å². The highest BCUT2D eigenvalue weighted by atomic mass is 31.2. The average molecular weight is 505 g/mol. The van der Waals surface area contributed by atoms with E-state index in [1.807, 2.05) is 31.2 Å². The van der Waals surface area contributed by atoms with Crippen LogP contribution in [0.5, 0.6) is 11.5 Å². The van der Waals surface area contributed by atoms with Gasteiger partial charge in [-0.1, -0.05) is 102 Å². The zero-order valence-electron chi connectivity index (χ0n) is 21.6. The van der Waals surface area contributed by atoms with Gasteiger partial charge in [0.15, 0.2) is 0 Å². The molecule has 0 aromatic heterocycles. The summed E-state index contributed by atoms with van der Waals surface area (Å²) in [6, 6.07) is 13.9. The van der Waals surface area contributed by atoms with Gasteiger partial charge in [-0.15, -0.1) is 0 Å². The molecule has 0 saturated heterocycles. The van der Waals surface area contributed by atoms with Crippen molar-refractivity contribution < 1.29 is 24.2 Å². The summed E-state index contributed by atoms with van der Waals surface area (Å²) in [6.45, 7) is 4.66. The molecular formula is C29H45O5P. The van der Waals surface area contributed by atoms with Crippen LogP contribution < -0.4 is 0 Å². The first-order valence-corrected chi connectivity index (χ1v) is 14.5. The number of unbranched alkanes of at least 4 members (excludes halogenated alkanes) is 11. The second-order valence-electron chi connectivity index (χ2n) is 9.43. The molecule has 5 nitrogen and oxygen atoms in total. The second kappa shape index (κ2) is 17.7. The summed E-state index contributed by atoms with van der Waals surface area (Å²) in [5.41, 5.74) is 1.90. The third kappa shape index (κ3) is 12.2. The number of phenols is 2. The summed E-state index contributed by atoms with van der Waals surface area (Å²) in [5.74, 6) is 0.215. The van der Waals surface area contributed by atoms with Crippen molar-refractivity contribution in [3.8, 4) is 11.5 Å². The zero-order valence-corrected chi connectivity index (χ0v) is 22.5. The van der Waals surface area contributed by atoms with Crippen LogP contribution in [0.25, 0.3) is 0 Å². The number of aromatic hydroxyl groups is 2. The Labute approximate surface area is 213 Å². The molecule has 0 bridgehead atoms. The van der Waals surface area contributed by atoms with Gasteiger partial charge in [0.2, 0.25) is 0 Å². The van der Waals surface area contributed by atoms with Gasteiger partial charge >= 0.3 is 8.60 Å². The van der Waals surface area contributed by atoms with Crippen LogP contribution in [0.15, 0.2) is 48.5 Å². The first kappa shape index (κ1) is 29.6. The van der Waals surface area contributed by atoms with E-state index in [9.17, 15) is 15.1 Å². The molecule has 0 heterocycles. The third-order valence-corrected chi connectivity index (χ3v) is 7.35. The monoisotopic (exact) mass is 504 g/mol. The van der Waals surface area contributed by atoms with Crippen molar-refractivity contribution in [1.29, 1.82) is 0 Å². The van der Waals surface area contributed by atoms with E-state index < -0.39 is 8.60 Å². The SMILES string of the molecule is CCCCCCCCCCCCCCOP(O)OC(C)C(c1ccc(O)cc1)c1ccc(O)cc1. The number of hydrogen-bond acceptors (Lipinski definition) is 5. The predicted molar refractivity (Wildman–Crippen MR) is 145 cm³/mol. The molecule has 0 aliphatic heterocycles. The number of hydrogen-bond donors (Lipinski definition) is 3. The van der Waals surface area contributed by atoms with E-state index in [2.05, 4.69) is 6.92 Å². The summed E-state index contributed by atoms with van der Waals surface area (Å²) in [6.07, 6.45) is 15.0. The highest BCUT2D eigenvalue weighted by Gasteiger charge is 2.25. The van der Waals surface area contributed by atoms with Gasteiger partial charge in [0.1, 0.15) is 11.5 Å².